The van der Waals surface area contributed by atoms with E-state index in [1.54, 1.807) is 0 Å². The Morgan fingerprint density at radius 1 is 1.78 bits per heavy atom. The predicted octanol–water partition coefficient (Wildman–Crippen LogP) is 1.83. The predicted molar refractivity (Wildman–Crippen MR) is 40.2 cm³/mol. The van der Waals surface area contributed by atoms with E-state index in [-0.39, 0.29) is 0 Å². The van der Waals surface area contributed by atoms with Crippen LogP contribution in [0.3, 0.4) is 0 Å². The zero-order valence-electron chi connectivity index (χ0n) is 6.06. The van der Waals surface area contributed by atoms with Gasteiger partial charge in [0.15, 0.2) is 0 Å². The van der Waals surface area contributed by atoms with Gasteiger partial charge in [0.05, 0.1) is 0 Å². The van der Waals surface area contributed by atoms with Crippen LogP contribution < -0.4 is 5.73 Å². The van der Waals surface area contributed by atoms with E-state index in [4.69, 9.17) is 5.73 Å². The van der Waals surface area contributed by atoms with Crippen molar-refractivity contribution >= 4 is 0 Å². The molecule has 0 aromatic heterocycles. The molecule has 0 spiro atoms. The van der Waals surface area contributed by atoms with Crippen molar-refractivity contribution in [2.24, 2.45) is 5.73 Å². The Morgan fingerprint density at radius 3 is 3.00 bits per heavy atom. The quantitative estimate of drug-likeness (QED) is 0.560. The molecule has 1 unspecified atom stereocenters. The van der Waals surface area contributed by atoms with Crippen molar-refractivity contribution < 1.29 is 0 Å². The normalized spacial score (nSPS) is 21.8. The van der Waals surface area contributed by atoms with Crippen molar-refractivity contribution in [3.63, 3.8) is 0 Å². The molecule has 0 aromatic rings. The molecule has 1 nitrogen and oxygen atoms in total. The summed E-state index contributed by atoms with van der Waals surface area (Å²) in [4.78, 5) is 0. The lowest BCUT2D eigenvalue weighted by atomic mass is 10.1. The third-order valence-electron chi connectivity index (χ3n) is 1.99. The van der Waals surface area contributed by atoms with Crippen molar-refractivity contribution in [1.82, 2.24) is 0 Å². The molecule has 0 amide bonds. The van der Waals surface area contributed by atoms with Gasteiger partial charge < -0.3 is 5.73 Å². The largest absolute Gasteiger partial charge is 0.324 e. The van der Waals surface area contributed by atoms with Crippen molar-refractivity contribution in [3.8, 4) is 0 Å². The number of allylic oxidation sites excluding steroid dienone is 1. The Morgan fingerprint density at radius 2 is 2.56 bits per heavy atom. The standard InChI is InChI=1S/C8H15N/c1-2-8(9)7-5-3-4-6-7/h5,8H,2-4,6,9H2,1H3. The van der Waals surface area contributed by atoms with Gasteiger partial charge >= 0.3 is 0 Å². The van der Waals surface area contributed by atoms with Crippen LogP contribution >= 0.6 is 0 Å². The molecule has 1 atom stereocenters. The molecule has 1 aliphatic rings. The van der Waals surface area contributed by atoms with Gasteiger partial charge in [0.2, 0.25) is 0 Å². The molecule has 0 saturated carbocycles. The average molecular weight is 125 g/mol. The molecular weight excluding hydrogens is 110 g/mol. The first-order valence-corrected chi connectivity index (χ1v) is 3.79. The molecular formula is C8H15N. The van der Waals surface area contributed by atoms with E-state index >= 15 is 0 Å². The maximum absolute atomic E-state index is 5.81. The molecule has 1 rings (SSSR count). The van der Waals surface area contributed by atoms with Gasteiger partial charge in [0.1, 0.15) is 0 Å². The lowest BCUT2D eigenvalue weighted by Gasteiger charge is -2.08. The molecule has 0 aliphatic heterocycles. The highest BCUT2D eigenvalue weighted by molar-refractivity contribution is 5.13. The van der Waals surface area contributed by atoms with Crippen LogP contribution in [-0.4, -0.2) is 6.04 Å². The van der Waals surface area contributed by atoms with Crippen LogP contribution in [-0.2, 0) is 0 Å². The third kappa shape index (κ3) is 1.55. The molecule has 9 heavy (non-hydrogen) atoms. The number of nitrogens with two attached hydrogens (primary N) is 1. The lowest BCUT2D eigenvalue weighted by molar-refractivity contribution is 0.710. The summed E-state index contributed by atoms with van der Waals surface area (Å²) in [7, 11) is 0. The van der Waals surface area contributed by atoms with Gasteiger partial charge in [0, 0.05) is 6.04 Å². The Labute approximate surface area is 56.9 Å². The first kappa shape index (κ1) is 6.81. The van der Waals surface area contributed by atoms with Crippen LogP contribution in [0.25, 0.3) is 0 Å². The van der Waals surface area contributed by atoms with E-state index < -0.39 is 0 Å². The highest BCUT2D eigenvalue weighted by Crippen LogP contribution is 2.20. The van der Waals surface area contributed by atoms with Crippen LogP contribution in [0.1, 0.15) is 32.6 Å². The first-order chi connectivity index (χ1) is 4.34. The van der Waals surface area contributed by atoms with E-state index in [0.717, 1.165) is 6.42 Å². The highest BCUT2D eigenvalue weighted by atomic mass is 14.6. The van der Waals surface area contributed by atoms with E-state index in [2.05, 4.69) is 13.0 Å². The SMILES string of the molecule is CCC(N)C1=CCCC1. The molecule has 52 valence electrons. The lowest BCUT2D eigenvalue weighted by Crippen LogP contribution is -2.20. The van der Waals surface area contributed by atoms with Gasteiger partial charge in [-0.25, -0.2) is 0 Å². The minimum atomic E-state index is 0.354. The fourth-order valence-corrected chi connectivity index (χ4v) is 1.29. The summed E-state index contributed by atoms with van der Waals surface area (Å²) in [6.45, 7) is 2.14. The Balaban J connectivity index is 2.40. The summed E-state index contributed by atoms with van der Waals surface area (Å²) in [6, 6.07) is 0.354. The summed E-state index contributed by atoms with van der Waals surface area (Å²) in [5.74, 6) is 0. The third-order valence-corrected chi connectivity index (χ3v) is 1.99. The monoisotopic (exact) mass is 125 g/mol. The molecule has 0 bridgehead atoms. The fraction of sp³-hybridized carbons (Fsp3) is 0.750. The Hall–Kier alpha value is -0.300. The van der Waals surface area contributed by atoms with Crippen molar-refractivity contribution in [2.45, 2.75) is 38.6 Å². The van der Waals surface area contributed by atoms with Crippen LogP contribution in [0, 0.1) is 0 Å². The van der Waals surface area contributed by atoms with Crippen molar-refractivity contribution in [2.75, 3.05) is 0 Å². The average Bonchev–Trinajstić information content (AvgIpc) is 2.37. The smallest absolute Gasteiger partial charge is 0.0250 e. The van der Waals surface area contributed by atoms with Crippen LogP contribution in [0.2, 0.25) is 0 Å². The van der Waals surface area contributed by atoms with Gasteiger partial charge in [-0.2, -0.15) is 0 Å². The maximum atomic E-state index is 5.81. The van der Waals surface area contributed by atoms with Gasteiger partial charge in [0.25, 0.3) is 0 Å². The second-order valence-electron chi connectivity index (χ2n) is 2.69. The maximum Gasteiger partial charge on any atom is 0.0250 e. The highest BCUT2D eigenvalue weighted by Gasteiger charge is 2.09. The molecule has 2 N–H and O–H groups in total. The van der Waals surface area contributed by atoms with Gasteiger partial charge in [-0.3, -0.25) is 0 Å². The summed E-state index contributed by atoms with van der Waals surface area (Å²) >= 11 is 0. The van der Waals surface area contributed by atoms with Gasteiger partial charge in [-0.1, -0.05) is 18.6 Å². The van der Waals surface area contributed by atoms with Crippen LogP contribution in [0.15, 0.2) is 11.6 Å². The molecule has 0 heterocycles. The number of hydrogen-bond acceptors (Lipinski definition) is 1. The Bertz CT molecular complexity index is 116. The van der Waals surface area contributed by atoms with Gasteiger partial charge in [-0.15, -0.1) is 0 Å². The summed E-state index contributed by atoms with van der Waals surface area (Å²) in [6.07, 6.45) is 7.21. The summed E-state index contributed by atoms with van der Waals surface area (Å²) < 4.78 is 0. The zero-order valence-corrected chi connectivity index (χ0v) is 6.06. The van der Waals surface area contributed by atoms with E-state index in [1.165, 1.54) is 24.8 Å². The minimum Gasteiger partial charge on any atom is -0.324 e. The van der Waals surface area contributed by atoms with Gasteiger partial charge in [-0.05, 0) is 25.7 Å². The minimum absolute atomic E-state index is 0.354. The second-order valence-corrected chi connectivity index (χ2v) is 2.69. The van der Waals surface area contributed by atoms with Crippen molar-refractivity contribution in [3.05, 3.63) is 11.6 Å². The molecule has 1 aliphatic carbocycles. The zero-order chi connectivity index (χ0) is 6.69. The van der Waals surface area contributed by atoms with E-state index in [1.807, 2.05) is 0 Å². The Kier molecular flexibility index (Phi) is 2.29. The summed E-state index contributed by atoms with van der Waals surface area (Å²) in [5, 5.41) is 0. The first-order valence-electron chi connectivity index (χ1n) is 3.79. The molecule has 1 heteroatoms. The van der Waals surface area contributed by atoms with E-state index in [0.29, 0.717) is 6.04 Å². The molecule has 0 fully saturated rings. The second kappa shape index (κ2) is 3.02. The van der Waals surface area contributed by atoms with Crippen LogP contribution in [0.5, 0.6) is 0 Å². The van der Waals surface area contributed by atoms with E-state index in [9.17, 15) is 0 Å². The molecule has 0 saturated heterocycles. The molecule has 0 radical (unpaired) electrons. The topological polar surface area (TPSA) is 26.0 Å². The van der Waals surface area contributed by atoms with Crippen LogP contribution in [0.4, 0.5) is 0 Å². The summed E-state index contributed by atoms with van der Waals surface area (Å²) in [5.41, 5.74) is 7.29. The number of rotatable bonds is 2. The number of hydrogen-bond donors (Lipinski definition) is 1. The fourth-order valence-electron chi connectivity index (χ4n) is 1.29. The van der Waals surface area contributed by atoms with Crippen molar-refractivity contribution in [1.29, 1.82) is 0 Å². The molecule has 0 aromatic carbocycles.